The second-order valence-electron chi connectivity index (χ2n) is 3.54. The Hall–Kier alpha value is -0.910. The van der Waals surface area contributed by atoms with Gasteiger partial charge in [-0.05, 0) is 25.4 Å². The molecule has 0 spiro atoms. The van der Waals surface area contributed by atoms with E-state index in [1.807, 2.05) is 23.9 Å². The molecule has 1 aromatic heterocycles. The minimum atomic E-state index is 0.339. The third-order valence-electron chi connectivity index (χ3n) is 2.30. The Morgan fingerprint density at radius 1 is 1.69 bits per heavy atom. The van der Waals surface area contributed by atoms with E-state index in [-0.39, 0.29) is 0 Å². The number of hydrogen-bond donors (Lipinski definition) is 1. The fourth-order valence-electron chi connectivity index (χ4n) is 1.17. The van der Waals surface area contributed by atoms with Crippen LogP contribution in [0.25, 0.3) is 0 Å². The number of rotatable bonds is 8. The molecule has 1 aromatic rings. The topological polar surface area (TPSA) is 41.6 Å². The van der Waals surface area contributed by atoms with Crippen molar-refractivity contribution in [1.82, 2.24) is 5.32 Å². The number of anilines is 1. The maximum Gasteiger partial charge on any atom is 0.214 e. The average molecular weight is 242 g/mol. The molecule has 5 heteroatoms. The number of carbonyl (C=O) groups is 1. The Balaban J connectivity index is 2.23. The normalized spacial score (nSPS) is 12.4. The summed E-state index contributed by atoms with van der Waals surface area (Å²) in [7, 11) is 1.90. The minimum Gasteiger partial charge on any atom is -0.378 e. The van der Waals surface area contributed by atoms with Crippen LogP contribution in [0.15, 0.2) is 16.8 Å². The van der Waals surface area contributed by atoms with Crippen LogP contribution in [0.3, 0.4) is 0 Å². The zero-order chi connectivity index (χ0) is 11.8. The van der Waals surface area contributed by atoms with Gasteiger partial charge >= 0.3 is 0 Å². The molecule has 0 aliphatic carbocycles. The zero-order valence-corrected chi connectivity index (χ0v) is 10.5. The van der Waals surface area contributed by atoms with Gasteiger partial charge in [0, 0.05) is 18.0 Å². The van der Waals surface area contributed by atoms with Crippen LogP contribution in [0, 0.1) is 0 Å². The van der Waals surface area contributed by atoms with Gasteiger partial charge in [-0.1, -0.05) is 0 Å². The van der Waals surface area contributed by atoms with Crippen LogP contribution in [0.5, 0.6) is 0 Å². The van der Waals surface area contributed by atoms with E-state index < -0.39 is 0 Å². The van der Waals surface area contributed by atoms with E-state index in [2.05, 4.69) is 12.2 Å². The highest BCUT2D eigenvalue weighted by Crippen LogP contribution is 2.16. The number of carbonyl (C=O) groups excluding carboxylic acids is 1. The molecule has 0 aliphatic heterocycles. The molecule has 1 heterocycles. The van der Waals surface area contributed by atoms with Crippen LogP contribution < -0.4 is 10.2 Å². The molecule has 0 radical (unpaired) electrons. The lowest BCUT2D eigenvalue weighted by Gasteiger charge is -2.16. The monoisotopic (exact) mass is 242 g/mol. The Morgan fingerprint density at radius 3 is 3.06 bits per heavy atom. The first-order chi connectivity index (χ1) is 7.77. The quantitative estimate of drug-likeness (QED) is 0.552. The molecule has 0 saturated carbocycles. The highest BCUT2D eigenvalue weighted by Gasteiger charge is 2.05. The number of thiophene rings is 1. The van der Waals surface area contributed by atoms with Crippen molar-refractivity contribution in [2.45, 2.75) is 13.0 Å². The highest BCUT2D eigenvalue weighted by atomic mass is 32.1. The summed E-state index contributed by atoms with van der Waals surface area (Å²) in [6, 6.07) is 2.26. The van der Waals surface area contributed by atoms with Crippen LogP contribution in [-0.4, -0.2) is 39.3 Å². The maximum atomic E-state index is 10.9. The Labute approximate surface area is 100 Å². The molecule has 0 bridgehead atoms. The third-order valence-corrected chi connectivity index (χ3v) is 2.97. The molecule has 0 fully saturated rings. The molecular formula is C11H18N2O2S. The van der Waals surface area contributed by atoms with Crippen LogP contribution in [0.2, 0.25) is 0 Å². The van der Waals surface area contributed by atoms with Gasteiger partial charge in [0.2, 0.25) is 6.41 Å². The molecule has 1 rings (SSSR count). The second-order valence-corrected chi connectivity index (χ2v) is 4.33. The van der Waals surface area contributed by atoms with Gasteiger partial charge in [0.25, 0.3) is 0 Å². The summed E-state index contributed by atoms with van der Waals surface area (Å²) < 4.78 is 5.46. The largest absolute Gasteiger partial charge is 0.378 e. The molecular weight excluding hydrogens is 224 g/mol. The standard InChI is InChI=1S/C11H18N2O2S/c1-10(12-2)7-15-5-4-13(9-14)11-3-6-16-8-11/h3,6,8-10,12H,4-5,7H2,1-2H3. The summed E-state index contributed by atoms with van der Waals surface area (Å²) in [5.74, 6) is 0. The van der Waals surface area contributed by atoms with Gasteiger partial charge in [-0.2, -0.15) is 11.3 Å². The summed E-state index contributed by atoms with van der Waals surface area (Å²) in [6.45, 7) is 3.86. The second kappa shape index (κ2) is 7.38. The molecule has 90 valence electrons. The molecule has 0 aromatic carbocycles. The fraction of sp³-hybridized carbons (Fsp3) is 0.545. The SMILES string of the molecule is CNC(C)COCCN(C=O)c1ccsc1. The van der Waals surface area contributed by atoms with E-state index in [9.17, 15) is 4.79 Å². The van der Waals surface area contributed by atoms with Gasteiger partial charge in [-0.3, -0.25) is 4.79 Å². The van der Waals surface area contributed by atoms with Gasteiger partial charge in [0.05, 0.1) is 18.9 Å². The first-order valence-corrected chi connectivity index (χ1v) is 6.21. The first kappa shape index (κ1) is 13.2. The van der Waals surface area contributed by atoms with E-state index in [4.69, 9.17) is 4.74 Å². The fourth-order valence-corrected chi connectivity index (χ4v) is 1.82. The number of nitrogens with one attached hydrogen (secondary N) is 1. The number of nitrogens with zero attached hydrogens (tertiary/aromatic N) is 1. The predicted octanol–water partition coefficient (Wildman–Crippen LogP) is 1.34. The molecule has 1 atom stereocenters. The highest BCUT2D eigenvalue weighted by molar-refractivity contribution is 7.08. The zero-order valence-electron chi connectivity index (χ0n) is 9.68. The van der Waals surface area contributed by atoms with Crippen molar-refractivity contribution in [3.8, 4) is 0 Å². The van der Waals surface area contributed by atoms with Crippen LogP contribution in [-0.2, 0) is 9.53 Å². The van der Waals surface area contributed by atoms with Crippen LogP contribution in [0.1, 0.15) is 6.92 Å². The summed E-state index contributed by atoms with van der Waals surface area (Å²) in [5.41, 5.74) is 0.935. The van der Waals surface area contributed by atoms with Crippen molar-refractivity contribution >= 4 is 23.4 Å². The Morgan fingerprint density at radius 2 is 2.50 bits per heavy atom. The number of hydrogen-bond acceptors (Lipinski definition) is 4. The van der Waals surface area contributed by atoms with Gasteiger partial charge in [-0.25, -0.2) is 0 Å². The van der Waals surface area contributed by atoms with Crippen LogP contribution >= 0.6 is 11.3 Å². The van der Waals surface area contributed by atoms with Crippen molar-refractivity contribution in [3.05, 3.63) is 16.8 Å². The Kier molecular flexibility index (Phi) is 6.07. The Bertz CT molecular complexity index is 290. The lowest BCUT2D eigenvalue weighted by molar-refractivity contribution is -0.107. The third kappa shape index (κ3) is 4.30. The van der Waals surface area contributed by atoms with E-state index >= 15 is 0 Å². The van der Waals surface area contributed by atoms with Crippen molar-refractivity contribution < 1.29 is 9.53 Å². The molecule has 1 amide bonds. The number of amides is 1. The maximum absolute atomic E-state index is 10.9. The van der Waals surface area contributed by atoms with Gasteiger partial charge in [0.15, 0.2) is 0 Å². The summed E-state index contributed by atoms with van der Waals surface area (Å²) in [6.07, 6.45) is 0.840. The van der Waals surface area contributed by atoms with Crippen LogP contribution in [0.4, 0.5) is 5.69 Å². The molecule has 1 N–H and O–H groups in total. The van der Waals surface area contributed by atoms with E-state index in [0.29, 0.717) is 25.8 Å². The van der Waals surface area contributed by atoms with Gasteiger partial charge in [-0.15, -0.1) is 0 Å². The number of ether oxygens (including phenoxy) is 1. The van der Waals surface area contributed by atoms with Gasteiger partial charge < -0.3 is 15.0 Å². The molecule has 1 unspecified atom stereocenters. The molecule has 0 aliphatic rings. The summed E-state index contributed by atoms with van der Waals surface area (Å²) in [4.78, 5) is 12.5. The summed E-state index contributed by atoms with van der Waals surface area (Å²) in [5, 5.41) is 6.99. The molecule has 16 heavy (non-hydrogen) atoms. The minimum absolute atomic E-state index is 0.339. The lowest BCUT2D eigenvalue weighted by atomic mass is 10.4. The summed E-state index contributed by atoms with van der Waals surface area (Å²) >= 11 is 1.58. The molecule has 4 nitrogen and oxygen atoms in total. The predicted molar refractivity (Wildman–Crippen MR) is 67.1 cm³/mol. The van der Waals surface area contributed by atoms with Crippen molar-refractivity contribution in [2.24, 2.45) is 0 Å². The van der Waals surface area contributed by atoms with E-state index in [1.165, 1.54) is 0 Å². The number of likely N-dealkylation sites (N-methyl/N-ethyl adjacent to an activating group) is 1. The van der Waals surface area contributed by atoms with Crippen molar-refractivity contribution in [1.29, 1.82) is 0 Å². The van der Waals surface area contributed by atoms with E-state index in [0.717, 1.165) is 12.1 Å². The molecule has 0 saturated heterocycles. The average Bonchev–Trinajstić information content (AvgIpc) is 2.82. The smallest absolute Gasteiger partial charge is 0.214 e. The lowest BCUT2D eigenvalue weighted by Crippen LogP contribution is -2.30. The van der Waals surface area contributed by atoms with Crippen molar-refractivity contribution in [2.75, 3.05) is 31.7 Å². The van der Waals surface area contributed by atoms with E-state index in [1.54, 1.807) is 16.2 Å². The first-order valence-electron chi connectivity index (χ1n) is 5.27. The van der Waals surface area contributed by atoms with Gasteiger partial charge in [0.1, 0.15) is 0 Å². The van der Waals surface area contributed by atoms with Crippen molar-refractivity contribution in [3.63, 3.8) is 0 Å².